The van der Waals surface area contributed by atoms with Gasteiger partial charge >= 0.3 is 0 Å². The smallest absolute Gasteiger partial charge is 0.114 e. The highest BCUT2D eigenvalue weighted by atomic mass is 16.3. The van der Waals surface area contributed by atoms with Crippen LogP contribution in [0.2, 0.25) is 0 Å². The predicted octanol–water partition coefficient (Wildman–Crippen LogP) is 0.469. The van der Waals surface area contributed by atoms with Gasteiger partial charge in [-0.3, -0.25) is 4.90 Å². The van der Waals surface area contributed by atoms with E-state index in [-0.39, 0.29) is 6.54 Å². The summed E-state index contributed by atoms with van der Waals surface area (Å²) < 4.78 is 0. The summed E-state index contributed by atoms with van der Waals surface area (Å²) in [6.07, 6.45) is 0. The van der Waals surface area contributed by atoms with Crippen molar-refractivity contribution < 1.29 is 5.11 Å². The molecule has 4 heteroatoms. The van der Waals surface area contributed by atoms with E-state index in [0.29, 0.717) is 12.6 Å². The summed E-state index contributed by atoms with van der Waals surface area (Å²) in [6, 6.07) is 10.3. The van der Waals surface area contributed by atoms with Crippen LogP contribution in [0.4, 0.5) is 0 Å². The van der Waals surface area contributed by atoms with Crippen molar-refractivity contribution >= 4 is 0 Å². The molecule has 1 aromatic carbocycles. The van der Waals surface area contributed by atoms with Crippen molar-refractivity contribution in [3.8, 4) is 0 Å². The molecule has 2 rings (SSSR count). The molecule has 3 N–H and O–H groups in total. The fourth-order valence-corrected chi connectivity index (χ4v) is 2.66. The molecule has 106 valence electrons. The maximum absolute atomic E-state index is 10.8. The van der Waals surface area contributed by atoms with Gasteiger partial charge in [0.25, 0.3) is 0 Å². The van der Waals surface area contributed by atoms with Crippen molar-refractivity contribution in [2.75, 3.05) is 39.8 Å². The average molecular weight is 263 g/mol. The number of nitrogens with zero attached hydrogens (tertiary/aromatic N) is 2. The Morgan fingerprint density at radius 3 is 2.58 bits per heavy atom. The zero-order valence-corrected chi connectivity index (χ0v) is 11.9. The summed E-state index contributed by atoms with van der Waals surface area (Å²) in [6.45, 7) is 6.07. The molecule has 1 fully saturated rings. The third kappa shape index (κ3) is 3.34. The van der Waals surface area contributed by atoms with Gasteiger partial charge < -0.3 is 15.7 Å². The van der Waals surface area contributed by atoms with Crippen molar-refractivity contribution in [3.05, 3.63) is 35.9 Å². The van der Waals surface area contributed by atoms with Gasteiger partial charge in [0.1, 0.15) is 5.60 Å². The minimum absolute atomic E-state index is 0.248. The molecular weight excluding hydrogens is 238 g/mol. The molecule has 19 heavy (non-hydrogen) atoms. The average Bonchev–Trinajstić information content (AvgIpc) is 2.44. The first kappa shape index (κ1) is 14.5. The second-order valence-corrected chi connectivity index (χ2v) is 5.67. The van der Waals surface area contributed by atoms with Crippen LogP contribution < -0.4 is 5.73 Å². The van der Waals surface area contributed by atoms with Gasteiger partial charge in [0.05, 0.1) is 0 Å². The fourth-order valence-electron chi connectivity index (χ4n) is 2.66. The number of aliphatic hydroxyl groups is 1. The molecule has 1 saturated heterocycles. The molecule has 0 saturated carbocycles. The number of piperazine rings is 1. The molecular formula is C15H25N3O. The molecule has 0 bridgehead atoms. The summed E-state index contributed by atoms with van der Waals surface area (Å²) in [5.74, 6) is 0. The summed E-state index contributed by atoms with van der Waals surface area (Å²) >= 11 is 0. The number of likely N-dealkylation sites (N-methyl/N-ethyl adjacent to an activating group) is 1. The van der Waals surface area contributed by atoms with E-state index in [2.05, 4.69) is 23.8 Å². The first-order chi connectivity index (χ1) is 9.05. The van der Waals surface area contributed by atoms with Crippen molar-refractivity contribution in [1.82, 2.24) is 9.80 Å². The summed E-state index contributed by atoms with van der Waals surface area (Å²) in [4.78, 5) is 4.66. The van der Waals surface area contributed by atoms with E-state index < -0.39 is 5.60 Å². The van der Waals surface area contributed by atoms with Crippen LogP contribution >= 0.6 is 0 Å². The second-order valence-electron chi connectivity index (χ2n) is 5.67. The minimum atomic E-state index is -0.948. The van der Waals surface area contributed by atoms with Crippen LogP contribution in [-0.4, -0.2) is 60.7 Å². The van der Waals surface area contributed by atoms with Crippen LogP contribution in [-0.2, 0) is 5.60 Å². The number of nitrogens with two attached hydrogens (primary N) is 1. The number of benzene rings is 1. The summed E-state index contributed by atoms with van der Waals surface area (Å²) in [7, 11) is 2.15. The van der Waals surface area contributed by atoms with Crippen molar-refractivity contribution in [2.24, 2.45) is 5.73 Å². The lowest BCUT2D eigenvalue weighted by molar-refractivity contribution is -0.0136. The Morgan fingerprint density at radius 1 is 1.32 bits per heavy atom. The molecule has 0 aromatic heterocycles. The monoisotopic (exact) mass is 263 g/mol. The maximum Gasteiger partial charge on any atom is 0.114 e. The van der Waals surface area contributed by atoms with Gasteiger partial charge in [-0.2, -0.15) is 0 Å². The van der Waals surface area contributed by atoms with Crippen LogP contribution in [0.1, 0.15) is 12.5 Å². The normalized spacial score (nSPS) is 25.2. The zero-order valence-electron chi connectivity index (χ0n) is 11.9. The predicted molar refractivity (Wildman–Crippen MR) is 77.9 cm³/mol. The summed E-state index contributed by atoms with van der Waals surface area (Å²) in [5, 5.41) is 10.8. The van der Waals surface area contributed by atoms with E-state index in [1.807, 2.05) is 30.3 Å². The van der Waals surface area contributed by atoms with E-state index in [1.54, 1.807) is 0 Å². The van der Waals surface area contributed by atoms with E-state index in [1.165, 1.54) is 0 Å². The van der Waals surface area contributed by atoms with Crippen LogP contribution in [0, 0.1) is 0 Å². The first-order valence-corrected chi connectivity index (χ1v) is 6.96. The van der Waals surface area contributed by atoms with Gasteiger partial charge in [0.15, 0.2) is 0 Å². The topological polar surface area (TPSA) is 52.7 Å². The molecule has 2 unspecified atom stereocenters. The molecule has 0 radical (unpaired) electrons. The molecule has 1 aromatic rings. The van der Waals surface area contributed by atoms with E-state index >= 15 is 0 Å². The number of hydrogen-bond donors (Lipinski definition) is 2. The van der Waals surface area contributed by atoms with Crippen molar-refractivity contribution in [1.29, 1.82) is 0 Å². The highest BCUT2D eigenvalue weighted by Crippen LogP contribution is 2.22. The molecule has 0 aliphatic carbocycles. The Morgan fingerprint density at radius 2 is 2.00 bits per heavy atom. The fraction of sp³-hybridized carbons (Fsp3) is 0.600. The molecule has 0 spiro atoms. The molecule has 1 aliphatic rings. The number of β-amino-alcohol motifs (C(OH)–C–C–N with tert-alkyl or cyclic N) is 1. The largest absolute Gasteiger partial charge is 0.382 e. The van der Waals surface area contributed by atoms with Crippen molar-refractivity contribution in [2.45, 2.75) is 18.6 Å². The third-order valence-electron chi connectivity index (χ3n) is 4.18. The molecule has 1 heterocycles. The minimum Gasteiger partial charge on any atom is -0.382 e. The van der Waals surface area contributed by atoms with Gasteiger partial charge in [0.2, 0.25) is 0 Å². The highest BCUT2D eigenvalue weighted by molar-refractivity contribution is 5.23. The van der Waals surface area contributed by atoms with Gasteiger partial charge in [-0.25, -0.2) is 0 Å². The highest BCUT2D eigenvalue weighted by Gasteiger charge is 2.32. The van der Waals surface area contributed by atoms with Gasteiger partial charge in [-0.05, 0) is 19.5 Å². The van der Waals surface area contributed by atoms with Crippen LogP contribution in [0.15, 0.2) is 30.3 Å². The Labute approximate surface area is 115 Å². The lowest BCUT2D eigenvalue weighted by atomic mass is 9.93. The van der Waals surface area contributed by atoms with E-state index in [9.17, 15) is 5.11 Å². The molecule has 0 amide bonds. The standard InChI is InChI=1S/C15H25N3O/c1-13-10-18(9-8-17(13)2)12-15(19,11-16)14-6-4-3-5-7-14/h3-7,13,19H,8-12,16H2,1-2H3. The Kier molecular flexibility index (Phi) is 4.58. The third-order valence-corrected chi connectivity index (χ3v) is 4.18. The lowest BCUT2D eigenvalue weighted by Gasteiger charge is -2.41. The van der Waals surface area contributed by atoms with Crippen molar-refractivity contribution in [3.63, 3.8) is 0 Å². The van der Waals surface area contributed by atoms with Crippen LogP contribution in [0.3, 0.4) is 0 Å². The Balaban J connectivity index is 2.07. The van der Waals surface area contributed by atoms with Crippen LogP contribution in [0.25, 0.3) is 0 Å². The Hall–Kier alpha value is -0.940. The zero-order chi connectivity index (χ0) is 13.9. The Bertz CT molecular complexity index is 398. The van der Waals surface area contributed by atoms with E-state index in [4.69, 9.17) is 5.73 Å². The van der Waals surface area contributed by atoms with Crippen LogP contribution in [0.5, 0.6) is 0 Å². The van der Waals surface area contributed by atoms with Gasteiger partial charge in [-0.15, -0.1) is 0 Å². The lowest BCUT2D eigenvalue weighted by Crippen LogP contribution is -2.55. The maximum atomic E-state index is 10.8. The molecule has 1 aliphatic heterocycles. The number of rotatable bonds is 4. The second kappa shape index (κ2) is 6.01. The molecule has 4 nitrogen and oxygen atoms in total. The van der Waals surface area contributed by atoms with E-state index in [0.717, 1.165) is 25.2 Å². The quantitative estimate of drug-likeness (QED) is 0.829. The van der Waals surface area contributed by atoms with Gasteiger partial charge in [0, 0.05) is 38.8 Å². The SMILES string of the molecule is CC1CN(CC(O)(CN)c2ccccc2)CCN1C. The number of hydrogen-bond acceptors (Lipinski definition) is 4. The molecule has 2 atom stereocenters. The van der Waals surface area contributed by atoms with Gasteiger partial charge in [-0.1, -0.05) is 30.3 Å². The summed E-state index contributed by atoms with van der Waals surface area (Å²) in [5.41, 5.74) is 5.79. The first-order valence-electron chi connectivity index (χ1n) is 6.96.